The third-order valence-corrected chi connectivity index (χ3v) is 4.39. The minimum Gasteiger partial charge on any atom is -0.481 e. The summed E-state index contributed by atoms with van der Waals surface area (Å²) in [6.45, 7) is 5.49. The zero-order valence-corrected chi connectivity index (χ0v) is 15.2. The van der Waals surface area contributed by atoms with E-state index in [1.54, 1.807) is 18.2 Å². The number of piperidine rings is 1. The van der Waals surface area contributed by atoms with E-state index in [4.69, 9.17) is 9.26 Å². The van der Waals surface area contributed by atoms with Gasteiger partial charge in [-0.3, -0.25) is 4.79 Å². The number of aromatic nitrogens is 2. The fourth-order valence-electron chi connectivity index (χ4n) is 3.09. The van der Waals surface area contributed by atoms with Crippen LogP contribution in [0.15, 0.2) is 28.8 Å². The number of benzene rings is 1. The van der Waals surface area contributed by atoms with Gasteiger partial charge in [-0.2, -0.15) is 4.98 Å². The molecule has 1 atom stereocenters. The third-order valence-electron chi connectivity index (χ3n) is 4.39. The van der Waals surface area contributed by atoms with E-state index in [2.05, 4.69) is 10.1 Å². The molecule has 1 saturated heterocycles. The minimum atomic E-state index is -0.432. The Labute approximate surface area is 152 Å². The predicted octanol–water partition coefficient (Wildman–Crippen LogP) is 3.54. The first-order valence-electron chi connectivity index (χ1n) is 9.00. The van der Waals surface area contributed by atoms with Gasteiger partial charge in [-0.05, 0) is 30.9 Å². The molecule has 1 fully saturated rings. The Hall–Kier alpha value is -2.44. The summed E-state index contributed by atoms with van der Waals surface area (Å²) in [6, 6.07) is 6.18. The Kier molecular flexibility index (Phi) is 5.85. The lowest BCUT2D eigenvalue weighted by molar-refractivity contribution is -0.133. The fourth-order valence-corrected chi connectivity index (χ4v) is 3.09. The van der Waals surface area contributed by atoms with Gasteiger partial charge in [0.05, 0.1) is 0 Å². The molecule has 2 aromatic rings. The molecule has 1 aromatic carbocycles. The molecule has 0 spiro atoms. The maximum atomic E-state index is 13.6. The molecule has 1 unspecified atom stereocenters. The second-order valence-electron chi connectivity index (χ2n) is 7.04. The number of carbonyl (C=O) groups is 1. The molecule has 0 radical (unpaired) electrons. The second-order valence-corrected chi connectivity index (χ2v) is 7.04. The molecule has 1 aliphatic heterocycles. The van der Waals surface area contributed by atoms with Crippen LogP contribution in [0.2, 0.25) is 0 Å². The maximum absolute atomic E-state index is 13.6. The van der Waals surface area contributed by atoms with Crippen LogP contribution in [0.3, 0.4) is 0 Å². The first-order valence-corrected chi connectivity index (χ1v) is 9.00. The molecular formula is C19H24FN3O3. The summed E-state index contributed by atoms with van der Waals surface area (Å²) in [5.74, 6) is 1.18. The average molecular weight is 361 g/mol. The van der Waals surface area contributed by atoms with Crippen LogP contribution in [0, 0.1) is 11.7 Å². The number of halogens is 1. The highest BCUT2D eigenvalue weighted by Gasteiger charge is 2.28. The summed E-state index contributed by atoms with van der Waals surface area (Å²) >= 11 is 0. The fraction of sp³-hybridized carbons (Fsp3) is 0.526. The van der Waals surface area contributed by atoms with Crippen molar-refractivity contribution in [2.45, 2.75) is 45.6 Å². The van der Waals surface area contributed by atoms with E-state index < -0.39 is 5.82 Å². The van der Waals surface area contributed by atoms with Crippen LogP contribution in [-0.2, 0) is 11.4 Å². The number of hydrogen-bond acceptors (Lipinski definition) is 5. The van der Waals surface area contributed by atoms with Gasteiger partial charge in [0.2, 0.25) is 5.91 Å². The molecule has 3 rings (SSSR count). The van der Waals surface area contributed by atoms with Crippen molar-refractivity contribution in [2.75, 3.05) is 13.1 Å². The van der Waals surface area contributed by atoms with Crippen molar-refractivity contribution in [3.63, 3.8) is 0 Å². The van der Waals surface area contributed by atoms with Crippen LogP contribution in [0.5, 0.6) is 5.75 Å². The molecule has 1 aromatic heterocycles. The van der Waals surface area contributed by atoms with Gasteiger partial charge in [0, 0.05) is 25.4 Å². The van der Waals surface area contributed by atoms with E-state index in [0.29, 0.717) is 30.6 Å². The highest BCUT2D eigenvalue weighted by Crippen LogP contribution is 2.26. The molecule has 140 valence electrons. The Bertz CT molecular complexity index is 747. The van der Waals surface area contributed by atoms with Gasteiger partial charge in [-0.25, -0.2) is 4.39 Å². The summed E-state index contributed by atoms with van der Waals surface area (Å²) in [5.41, 5.74) is 0. The highest BCUT2D eigenvalue weighted by molar-refractivity contribution is 5.76. The van der Waals surface area contributed by atoms with Gasteiger partial charge >= 0.3 is 0 Å². The number of likely N-dealkylation sites (tertiary alicyclic amines) is 1. The van der Waals surface area contributed by atoms with E-state index in [9.17, 15) is 9.18 Å². The third kappa shape index (κ3) is 4.59. The molecule has 1 amide bonds. The van der Waals surface area contributed by atoms with E-state index in [0.717, 1.165) is 19.4 Å². The van der Waals surface area contributed by atoms with Crippen molar-refractivity contribution >= 4 is 5.91 Å². The number of hydrogen-bond donors (Lipinski definition) is 0. The number of amides is 1. The molecule has 26 heavy (non-hydrogen) atoms. The lowest BCUT2D eigenvalue weighted by Crippen LogP contribution is -2.39. The summed E-state index contributed by atoms with van der Waals surface area (Å²) in [5, 5.41) is 4.03. The SMILES string of the molecule is CC(C)CC(=O)N1CCCC(c2noc(COc3ccccc3F)n2)C1. The van der Waals surface area contributed by atoms with Crippen molar-refractivity contribution in [3.05, 3.63) is 41.8 Å². The zero-order valence-electron chi connectivity index (χ0n) is 15.2. The molecule has 2 heterocycles. The minimum absolute atomic E-state index is 0.0106. The van der Waals surface area contributed by atoms with Gasteiger partial charge in [-0.1, -0.05) is 31.1 Å². The number of ether oxygens (including phenoxy) is 1. The topological polar surface area (TPSA) is 68.5 Å². The largest absolute Gasteiger partial charge is 0.481 e. The molecule has 0 N–H and O–H groups in total. The van der Waals surface area contributed by atoms with Gasteiger partial charge in [0.1, 0.15) is 0 Å². The molecule has 0 aliphatic carbocycles. The maximum Gasteiger partial charge on any atom is 0.264 e. The molecular weight excluding hydrogens is 337 g/mol. The van der Waals surface area contributed by atoms with E-state index in [1.165, 1.54) is 6.07 Å². The standard InChI is InChI=1S/C19H24FN3O3/c1-13(2)10-18(24)23-9-5-6-14(11-23)19-21-17(26-22-19)12-25-16-8-4-3-7-15(16)20/h3-4,7-8,13-14H,5-6,9-12H2,1-2H3. The summed E-state index contributed by atoms with van der Waals surface area (Å²) in [7, 11) is 0. The van der Waals surface area contributed by atoms with Gasteiger partial charge in [0.15, 0.2) is 24.0 Å². The Morgan fingerprint density at radius 2 is 2.23 bits per heavy atom. The van der Waals surface area contributed by atoms with E-state index in [1.807, 2.05) is 18.7 Å². The quantitative estimate of drug-likeness (QED) is 0.787. The van der Waals surface area contributed by atoms with Crippen LogP contribution >= 0.6 is 0 Å². The molecule has 0 bridgehead atoms. The molecule has 6 nitrogen and oxygen atoms in total. The van der Waals surface area contributed by atoms with Crippen LogP contribution in [-0.4, -0.2) is 34.0 Å². The Balaban J connectivity index is 1.58. The first kappa shape index (κ1) is 18.4. The van der Waals surface area contributed by atoms with Crippen molar-refractivity contribution in [1.82, 2.24) is 15.0 Å². The van der Waals surface area contributed by atoms with Crippen molar-refractivity contribution in [2.24, 2.45) is 5.92 Å². The Morgan fingerprint density at radius 1 is 1.42 bits per heavy atom. The number of carbonyl (C=O) groups excluding carboxylic acids is 1. The summed E-state index contributed by atoms with van der Waals surface area (Å²) in [6.07, 6.45) is 2.39. The van der Waals surface area contributed by atoms with Crippen LogP contribution in [0.25, 0.3) is 0 Å². The molecule has 7 heteroatoms. The van der Waals surface area contributed by atoms with E-state index in [-0.39, 0.29) is 24.2 Å². The Morgan fingerprint density at radius 3 is 3.00 bits per heavy atom. The summed E-state index contributed by atoms with van der Waals surface area (Å²) in [4.78, 5) is 18.5. The lowest BCUT2D eigenvalue weighted by atomic mass is 9.96. The van der Waals surface area contributed by atoms with Crippen LogP contribution in [0.1, 0.15) is 50.7 Å². The number of rotatable bonds is 6. The lowest BCUT2D eigenvalue weighted by Gasteiger charge is -2.31. The second kappa shape index (κ2) is 8.29. The average Bonchev–Trinajstić information content (AvgIpc) is 3.10. The smallest absolute Gasteiger partial charge is 0.264 e. The van der Waals surface area contributed by atoms with Crippen molar-refractivity contribution in [1.29, 1.82) is 0 Å². The van der Waals surface area contributed by atoms with Crippen molar-refractivity contribution in [3.8, 4) is 5.75 Å². The zero-order chi connectivity index (χ0) is 18.5. The first-order chi connectivity index (χ1) is 12.5. The van der Waals surface area contributed by atoms with Gasteiger partial charge in [0.25, 0.3) is 5.89 Å². The van der Waals surface area contributed by atoms with Gasteiger partial charge < -0.3 is 14.2 Å². The van der Waals surface area contributed by atoms with E-state index >= 15 is 0 Å². The predicted molar refractivity (Wildman–Crippen MR) is 93.0 cm³/mol. The summed E-state index contributed by atoms with van der Waals surface area (Å²) < 4.78 is 24.2. The number of para-hydroxylation sites is 1. The molecule has 1 aliphatic rings. The van der Waals surface area contributed by atoms with Crippen LogP contribution < -0.4 is 4.74 Å². The van der Waals surface area contributed by atoms with Gasteiger partial charge in [-0.15, -0.1) is 0 Å². The van der Waals surface area contributed by atoms with Crippen molar-refractivity contribution < 1.29 is 18.4 Å². The number of nitrogens with zero attached hydrogens (tertiary/aromatic N) is 3. The van der Waals surface area contributed by atoms with Crippen LogP contribution in [0.4, 0.5) is 4.39 Å². The normalized spacial score (nSPS) is 17.5. The molecule has 0 saturated carbocycles. The highest BCUT2D eigenvalue weighted by atomic mass is 19.1. The monoisotopic (exact) mass is 361 g/mol.